The summed E-state index contributed by atoms with van der Waals surface area (Å²) in [4.78, 5) is 21.6. The number of aliphatic hydroxyl groups excluding tert-OH is 1. The smallest absolute Gasteiger partial charge is 0.407 e. The van der Waals surface area contributed by atoms with Gasteiger partial charge in [0.25, 0.3) is 0 Å². The summed E-state index contributed by atoms with van der Waals surface area (Å²) in [5.41, 5.74) is -1.24. The van der Waals surface area contributed by atoms with Gasteiger partial charge in [-0.25, -0.2) is 4.79 Å². The van der Waals surface area contributed by atoms with E-state index in [9.17, 15) is 9.59 Å². The van der Waals surface area contributed by atoms with E-state index in [2.05, 4.69) is 10.1 Å². The van der Waals surface area contributed by atoms with Crippen LogP contribution in [-0.4, -0.2) is 36.7 Å². The minimum atomic E-state index is -1.24. The molecular weight excluding hydrogens is 174 g/mol. The number of methoxy groups -OCH3 is 1. The van der Waals surface area contributed by atoms with Gasteiger partial charge < -0.3 is 20.0 Å². The van der Waals surface area contributed by atoms with Gasteiger partial charge in [-0.2, -0.15) is 0 Å². The van der Waals surface area contributed by atoms with Crippen LogP contribution in [0.25, 0.3) is 0 Å². The molecule has 1 atom stereocenters. The van der Waals surface area contributed by atoms with Crippen molar-refractivity contribution in [2.45, 2.75) is 19.4 Å². The van der Waals surface area contributed by atoms with Gasteiger partial charge in [-0.05, 0) is 5.92 Å². The van der Waals surface area contributed by atoms with Crippen LogP contribution < -0.4 is 5.32 Å². The number of nitrogens with one attached hydrogen (secondary N) is 1. The molecule has 0 aromatic rings. The van der Waals surface area contributed by atoms with Crippen molar-refractivity contribution in [3.63, 3.8) is 0 Å². The van der Waals surface area contributed by atoms with Crippen molar-refractivity contribution in [1.29, 1.82) is 0 Å². The Bertz CT molecular complexity index is 193. The second-order valence-electron chi connectivity index (χ2n) is 3.09. The lowest BCUT2D eigenvalue weighted by molar-refractivity contribution is -0.116. The monoisotopic (exact) mass is 189 g/mol. The summed E-state index contributed by atoms with van der Waals surface area (Å²) >= 11 is 0. The molecule has 0 aliphatic heterocycles. The van der Waals surface area contributed by atoms with Crippen LogP contribution in [0, 0.1) is 5.92 Å². The van der Waals surface area contributed by atoms with Crippen LogP contribution in [0.15, 0.2) is 0 Å². The molecule has 1 unspecified atom stereocenters. The minimum absolute atomic E-state index is 0.200. The third-order valence-corrected chi connectivity index (χ3v) is 2.02. The van der Waals surface area contributed by atoms with E-state index in [0.717, 1.165) is 0 Å². The molecule has 0 aromatic carbocycles. The summed E-state index contributed by atoms with van der Waals surface area (Å²) in [7, 11) is 1.20. The predicted molar refractivity (Wildman–Crippen MR) is 46.3 cm³/mol. The zero-order chi connectivity index (χ0) is 10.5. The Morgan fingerprint density at radius 3 is 2.46 bits per heavy atom. The Hall–Kier alpha value is -1.10. The van der Waals surface area contributed by atoms with E-state index in [0.29, 0.717) is 6.29 Å². The van der Waals surface area contributed by atoms with Crippen LogP contribution >= 0.6 is 0 Å². The number of hydrogen-bond donors (Lipinski definition) is 2. The fourth-order valence-electron chi connectivity index (χ4n) is 0.810. The summed E-state index contributed by atoms with van der Waals surface area (Å²) in [6.45, 7) is 3.00. The molecule has 1 amide bonds. The summed E-state index contributed by atoms with van der Waals surface area (Å²) in [6, 6.07) is 0. The first-order valence-electron chi connectivity index (χ1n) is 3.95. The zero-order valence-corrected chi connectivity index (χ0v) is 8.03. The molecule has 5 nitrogen and oxygen atoms in total. The van der Waals surface area contributed by atoms with E-state index in [1.165, 1.54) is 7.11 Å². The van der Waals surface area contributed by atoms with Crippen molar-refractivity contribution in [3.8, 4) is 0 Å². The van der Waals surface area contributed by atoms with Gasteiger partial charge in [-0.15, -0.1) is 0 Å². The standard InChI is InChI=1S/C8H15NO4/c1-6(2)8(4-10,5-11)9-7(12)13-3/h4,6,11H,5H2,1-3H3,(H,9,12). The topological polar surface area (TPSA) is 75.6 Å². The molecule has 0 bridgehead atoms. The van der Waals surface area contributed by atoms with Gasteiger partial charge in [-0.3, -0.25) is 0 Å². The molecule has 0 fully saturated rings. The van der Waals surface area contributed by atoms with Gasteiger partial charge in [-0.1, -0.05) is 13.8 Å². The SMILES string of the molecule is COC(=O)NC(C=O)(CO)C(C)C. The number of ether oxygens (including phenoxy) is 1. The molecule has 76 valence electrons. The first-order chi connectivity index (χ1) is 6.02. The molecule has 0 spiro atoms. The van der Waals surface area contributed by atoms with Crippen LogP contribution in [-0.2, 0) is 9.53 Å². The number of aliphatic hydroxyl groups is 1. The molecule has 0 radical (unpaired) electrons. The van der Waals surface area contributed by atoms with Crippen LogP contribution in [0.4, 0.5) is 4.79 Å². The van der Waals surface area contributed by atoms with Crippen LogP contribution in [0.2, 0.25) is 0 Å². The lowest BCUT2D eigenvalue weighted by atomic mass is 9.89. The number of hydrogen-bond acceptors (Lipinski definition) is 4. The van der Waals surface area contributed by atoms with Crippen LogP contribution in [0.3, 0.4) is 0 Å². The summed E-state index contributed by atoms with van der Waals surface area (Å²) < 4.78 is 4.34. The van der Waals surface area contributed by atoms with E-state index in [1.807, 2.05) is 0 Å². The summed E-state index contributed by atoms with van der Waals surface area (Å²) in [6.07, 6.45) is -0.205. The largest absolute Gasteiger partial charge is 0.453 e. The number of aldehydes is 1. The third kappa shape index (κ3) is 2.69. The predicted octanol–water partition coefficient (Wildman–Crippen LogP) is -0.0716. The number of amides is 1. The van der Waals surface area contributed by atoms with Gasteiger partial charge in [0, 0.05) is 0 Å². The second-order valence-corrected chi connectivity index (χ2v) is 3.09. The first-order valence-corrected chi connectivity index (χ1v) is 3.95. The van der Waals surface area contributed by atoms with E-state index in [-0.39, 0.29) is 5.92 Å². The second kappa shape index (κ2) is 4.81. The molecule has 2 N–H and O–H groups in total. The quantitative estimate of drug-likeness (QED) is 0.607. The van der Waals surface area contributed by atoms with E-state index in [1.54, 1.807) is 13.8 Å². The average molecular weight is 189 g/mol. The van der Waals surface area contributed by atoms with Gasteiger partial charge in [0.1, 0.15) is 11.8 Å². The van der Waals surface area contributed by atoms with Gasteiger partial charge >= 0.3 is 6.09 Å². The van der Waals surface area contributed by atoms with Crippen molar-refractivity contribution >= 4 is 12.4 Å². The Morgan fingerprint density at radius 1 is 1.69 bits per heavy atom. The fourth-order valence-corrected chi connectivity index (χ4v) is 0.810. The molecule has 0 rings (SSSR count). The van der Waals surface area contributed by atoms with Crippen molar-refractivity contribution in [2.75, 3.05) is 13.7 Å². The normalized spacial score (nSPS) is 14.8. The lowest BCUT2D eigenvalue weighted by Crippen LogP contribution is -2.56. The first kappa shape index (κ1) is 11.9. The van der Waals surface area contributed by atoms with Crippen molar-refractivity contribution in [3.05, 3.63) is 0 Å². The highest BCUT2D eigenvalue weighted by molar-refractivity contribution is 5.76. The molecular formula is C8H15NO4. The van der Waals surface area contributed by atoms with Crippen molar-refractivity contribution in [1.82, 2.24) is 5.32 Å². The molecule has 5 heteroatoms. The fraction of sp³-hybridized carbons (Fsp3) is 0.750. The van der Waals surface area contributed by atoms with Crippen LogP contribution in [0.1, 0.15) is 13.8 Å². The van der Waals surface area contributed by atoms with Gasteiger partial charge in [0.15, 0.2) is 0 Å². The lowest BCUT2D eigenvalue weighted by Gasteiger charge is -2.30. The zero-order valence-electron chi connectivity index (χ0n) is 8.03. The maximum atomic E-state index is 10.8. The highest BCUT2D eigenvalue weighted by Crippen LogP contribution is 2.13. The van der Waals surface area contributed by atoms with Crippen molar-refractivity contribution in [2.24, 2.45) is 5.92 Å². The minimum Gasteiger partial charge on any atom is -0.453 e. The number of carbonyl (C=O) groups is 2. The molecule has 0 saturated carbocycles. The van der Waals surface area contributed by atoms with Crippen LogP contribution in [0.5, 0.6) is 0 Å². The Kier molecular flexibility index (Phi) is 4.40. The molecule has 0 saturated heterocycles. The third-order valence-electron chi connectivity index (χ3n) is 2.02. The van der Waals surface area contributed by atoms with E-state index in [4.69, 9.17) is 5.11 Å². The number of carbonyl (C=O) groups excluding carboxylic acids is 2. The number of alkyl carbamates (subject to hydrolysis) is 1. The number of rotatable bonds is 4. The Morgan fingerprint density at radius 2 is 2.23 bits per heavy atom. The molecule has 13 heavy (non-hydrogen) atoms. The summed E-state index contributed by atoms with van der Waals surface area (Å²) in [5, 5.41) is 11.3. The highest BCUT2D eigenvalue weighted by atomic mass is 16.5. The molecule has 0 heterocycles. The maximum absolute atomic E-state index is 10.8. The summed E-state index contributed by atoms with van der Waals surface area (Å²) in [5.74, 6) is -0.200. The average Bonchev–Trinajstić information content (AvgIpc) is 2.13. The van der Waals surface area contributed by atoms with Gasteiger partial charge in [0.05, 0.1) is 13.7 Å². The molecule has 0 aliphatic rings. The maximum Gasteiger partial charge on any atom is 0.407 e. The van der Waals surface area contributed by atoms with Gasteiger partial charge in [0.2, 0.25) is 0 Å². The highest BCUT2D eigenvalue weighted by Gasteiger charge is 2.34. The Balaban J connectivity index is 4.57. The molecule has 0 aromatic heterocycles. The Labute approximate surface area is 77.1 Å². The van der Waals surface area contributed by atoms with Crippen molar-refractivity contribution < 1.29 is 19.4 Å². The van der Waals surface area contributed by atoms with E-state index < -0.39 is 18.2 Å². The molecule has 0 aliphatic carbocycles. The van der Waals surface area contributed by atoms with E-state index >= 15 is 0 Å².